The van der Waals surface area contributed by atoms with Crippen LogP contribution < -0.4 is 5.73 Å². The minimum absolute atomic E-state index is 0.0182. The van der Waals surface area contributed by atoms with Crippen LogP contribution in [0.15, 0.2) is 0 Å². The fourth-order valence-electron chi connectivity index (χ4n) is 2.56. The van der Waals surface area contributed by atoms with E-state index in [0.29, 0.717) is 18.5 Å². The van der Waals surface area contributed by atoms with Crippen LogP contribution in [0, 0.1) is 11.8 Å². The van der Waals surface area contributed by atoms with Crippen molar-refractivity contribution in [2.75, 3.05) is 32.7 Å². The Labute approximate surface area is 105 Å². The van der Waals surface area contributed by atoms with Gasteiger partial charge >= 0.3 is 0 Å². The van der Waals surface area contributed by atoms with Crippen molar-refractivity contribution in [2.24, 2.45) is 17.6 Å². The second-order valence-electron chi connectivity index (χ2n) is 5.35. The summed E-state index contributed by atoms with van der Waals surface area (Å²) in [5.41, 5.74) is 5.71. The minimum Gasteiger partial charge on any atom is -0.340 e. The molecule has 1 heterocycles. The highest BCUT2D eigenvalue weighted by Gasteiger charge is 2.30. The van der Waals surface area contributed by atoms with Crippen LogP contribution in [-0.2, 0) is 4.79 Å². The third-order valence-corrected chi connectivity index (χ3v) is 3.86. The summed E-state index contributed by atoms with van der Waals surface area (Å²) < 4.78 is 0. The molecule has 0 aromatic carbocycles. The van der Waals surface area contributed by atoms with Crippen molar-refractivity contribution in [3.63, 3.8) is 0 Å². The van der Waals surface area contributed by atoms with E-state index in [4.69, 9.17) is 5.73 Å². The van der Waals surface area contributed by atoms with Crippen LogP contribution in [-0.4, -0.2) is 54.5 Å². The molecule has 0 aliphatic carbocycles. The first kappa shape index (κ1) is 14.5. The molecule has 2 unspecified atom stereocenters. The summed E-state index contributed by atoms with van der Waals surface area (Å²) in [6.07, 6.45) is 0. The number of hydrogen-bond donors (Lipinski definition) is 1. The lowest BCUT2D eigenvalue weighted by atomic mass is 9.94. The molecule has 100 valence electrons. The van der Waals surface area contributed by atoms with Gasteiger partial charge in [0, 0.05) is 32.2 Å². The molecule has 2 N–H and O–H groups in total. The molecule has 4 nitrogen and oxygen atoms in total. The Kier molecular flexibility index (Phi) is 5.40. The van der Waals surface area contributed by atoms with Gasteiger partial charge in [-0.2, -0.15) is 0 Å². The van der Waals surface area contributed by atoms with Gasteiger partial charge in [0.05, 0.1) is 5.92 Å². The third-order valence-electron chi connectivity index (χ3n) is 3.86. The lowest BCUT2D eigenvalue weighted by molar-refractivity contribution is -0.139. The van der Waals surface area contributed by atoms with E-state index in [-0.39, 0.29) is 11.8 Å². The van der Waals surface area contributed by atoms with Crippen molar-refractivity contribution in [1.29, 1.82) is 0 Å². The standard InChI is InChI=1S/C13H27N3O/c1-5-15-6-7-16(9-11(15)4)13(17)12(8-14)10(2)3/h10-12H,5-9,14H2,1-4H3. The highest BCUT2D eigenvalue weighted by Crippen LogP contribution is 2.16. The van der Waals surface area contributed by atoms with Crippen molar-refractivity contribution in [2.45, 2.75) is 33.7 Å². The quantitative estimate of drug-likeness (QED) is 0.791. The number of carbonyl (C=O) groups is 1. The van der Waals surface area contributed by atoms with Gasteiger partial charge in [0.15, 0.2) is 0 Å². The Balaban J connectivity index is 2.60. The molecular formula is C13H27N3O. The lowest BCUT2D eigenvalue weighted by Gasteiger charge is -2.40. The molecule has 0 spiro atoms. The number of nitrogens with zero attached hydrogens (tertiary/aromatic N) is 2. The van der Waals surface area contributed by atoms with Crippen LogP contribution >= 0.6 is 0 Å². The SMILES string of the molecule is CCN1CCN(C(=O)C(CN)C(C)C)CC1C. The number of piperazine rings is 1. The molecule has 0 aromatic heterocycles. The van der Waals surface area contributed by atoms with Crippen LogP contribution in [0.5, 0.6) is 0 Å². The number of hydrogen-bond acceptors (Lipinski definition) is 3. The highest BCUT2D eigenvalue weighted by molar-refractivity contribution is 5.79. The van der Waals surface area contributed by atoms with Gasteiger partial charge in [-0.1, -0.05) is 20.8 Å². The first-order valence-electron chi connectivity index (χ1n) is 6.74. The van der Waals surface area contributed by atoms with Crippen molar-refractivity contribution in [3.05, 3.63) is 0 Å². The van der Waals surface area contributed by atoms with E-state index in [1.165, 1.54) is 0 Å². The largest absolute Gasteiger partial charge is 0.340 e. The monoisotopic (exact) mass is 241 g/mol. The summed E-state index contributed by atoms with van der Waals surface area (Å²) in [4.78, 5) is 16.7. The Hall–Kier alpha value is -0.610. The van der Waals surface area contributed by atoms with E-state index in [2.05, 4.69) is 32.6 Å². The first-order chi connectivity index (χ1) is 8.01. The second-order valence-corrected chi connectivity index (χ2v) is 5.35. The van der Waals surface area contributed by atoms with Crippen molar-refractivity contribution in [3.8, 4) is 0 Å². The normalized spacial score (nSPS) is 24.1. The average Bonchev–Trinajstić information content (AvgIpc) is 2.29. The predicted octanol–water partition coefficient (Wildman–Crippen LogP) is 0.770. The molecule has 1 saturated heterocycles. The van der Waals surface area contributed by atoms with Crippen molar-refractivity contribution in [1.82, 2.24) is 9.80 Å². The molecule has 1 aliphatic rings. The van der Waals surface area contributed by atoms with Gasteiger partial charge in [-0.05, 0) is 19.4 Å². The molecule has 0 radical (unpaired) electrons. The minimum atomic E-state index is -0.0182. The van der Waals surface area contributed by atoms with Gasteiger partial charge in [0.1, 0.15) is 0 Å². The zero-order valence-electron chi connectivity index (χ0n) is 11.6. The number of nitrogens with two attached hydrogens (primary N) is 1. The van der Waals surface area contributed by atoms with Gasteiger partial charge in [-0.15, -0.1) is 0 Å². The van der Waals surface area contributed by atoms with E-state index in [1.54, 1.807) is 0 Å². The van der Waals surface area contributed by atoms with E-state index in [1.807, 2.05) is 4.90 Å². The predicted molar refractivity (Wildman–Crippen MR) is 70.7 cm³/mol. The Bertz CT molecular complexity index is 255. The van der Waals surface area contributed by atoms with Crippen molar-refractivity contribution >= 4 is 5.91 Å². The number of carbonyl (C=O) groups excluding carboxylic acids is 1. The lowest BCUT2D eigenvalue weighted by Crippen LogP contribution is -2.55. The number of amides is 1. The molecule has 0 bridgehead atoms. The van der Waals surface area contributed by atoms with E-state index >= 15 is 0 Å². The van der Waals surface area contributed by atoms with Crippen molar-refractivity contribution < 1.29 is 4.79 Å². The van der Waals surface area contributed by atoms with Crippen LogP contribution in [0.1, 0.15) is 27.7 Å². The molecule has 1 aliphatic heterocycles. The molecule has 0 saturated carbocycles. The van der Waals surface area contributed by atoms with Crippen LogP contribution in [0.3, 0.4) is 0 Å². The summed E-state index contributed by atoms with van der Waals surface area (Å²) >= 11 is 0. The maximum absolute atomic E-state index is 12.3. The fourth-order valence-corrected chi connectivity index (χ4v) is 2.56. The molecule has 1 amide bonds. The maximum Gasteiger partial charge on any atom is 0.227 e. The van der Waals surface area contributed by atoms with E-state index in [0.717, 1.165) is 26.2 Å². The molecule has 17 heavy (non-hydrogen) atoms. The summed E-state index contributed by atoms with van der Waals surface area (Å²) in [6.45, 7) is 12.7. The fraction of sp³-hybridized carbons (Fsp3) is 0.923. The van der Waals surface area contributed by atoms with Crippen LogP contribution in [0.2, 0.25) is 0 Å². The molecule has 0 aromatic rings. The Morgan fingerprint density at radius 3 is 2.47 bits per heavy atom. The van der Waals surface area contributed by atoms with Crippen LogP contribution in [0.25, 0.3) is 0 Å². The molecule has 1 rings (SSSR count). The molecule has 4 heteroatoms. The number of likely N-dealkylation sites (N-methyl/N-ethyl adjacent to an activating group) is 1. The van der Waals surface area contributed by atoms with Gasteiger partial charge in [0.2, 0.25) is 5.91 Å². The van der Waals surface area contributed by atoms with Gasteiger partial charge < -0.3 is 10.6 Å². The Morgan fingerprint density at radius 1 is 1.41 bits per heavy atom. The molecule has 1 fully saturated rings. The van der Waals surface area contributed by atoms with E-state index in [9.17, 15) is 4.79 Å². The average molecular weight is 241 g/mol. The van der Waals surface area contributed by atoms with Gasteiger partial charge in [-0.25, -0.2) is 0 Å². The topological polar surface area (TPSA) is 49.6 Å². The third kappa shape index (κ3) is 3.42. The maximum atomic E-state index is 12.3. The van der Waals surface area contributed by atoms with Crippen LogP contribution in [0.4, 0.5) is 0 Å². The summed E-state index contributed by atoms with van der Waals surface area (Å²) in [7, 11) is 0. The van der Waals surface area contributed by atoms with Gasteiger partial charge in [0.25, 0.3) is 0 Å². The smallest absolute Gasteiger partial charge is 0.227 e. The first-order valence-corrected chi connectivity index (χ1v) is 6.74. The van der Waals surface area contributed by atoms with E-state index < -0.39 is 0 Å². The second kappa shape index (κ2) is 6.36. The zero-order valence-corrected chi connectivity index (χ0v) is 11.6. The number of rotatable bonds is 4. The molecule has 2 atom stereocenters. The Morgan fingerprint density at radius 2 is 2.06 bits per heavy atom. The zero-order chi connectivity index (χ0) is 13.0. The van der Waals surface area contributed by atoms with Gasteiger partial charge in [-0.3, -0.25) is 9.69 Å². The summed E-state index contributed by atoms with van der Waals surface area (Å²) in [6, 6.07) is 0.461. The summed E-state index contributed by atoms with van der Waals surface area (Å²) in [5, 5.41) is 0. The molecular weight excluding hydrogens is 214 g/mol. The highest BCUT2D eigenvalue weighted by atomic mass is 16.2. The summed E-state index contributed by atoms with van der Waals surface area (Å²) in [5.74, 6) is 0.549.